The SMILES string of the molecule is CCCN(C(C)C#Cc1cc(S(=O)(=O)N2CCC(NC(=O)OC(C)(C)C)CC2)ccc1C#N)[C@@H]1CC=CCC1C. The third-order valence-corrected chi connectivity index (χ3v) is 9.35. The number of piperidine rings is 1. The van der Waals surface area contributed by atoms with E-state index in [2.05, 4.69) is 61.1 Å². The second kappa shape index (κ2) is 13.7. The van der Waals surface area contributed by atoms with E-state index in [-0.39, 0.29) is 30.1 Å². The molecule has 218 valence electrons. The van der Waals surface area contributed by atoms with Crippen molar-refractivity contribution in [2.24, 2.45) is 5.92 Å². The van der Waals surface area contributed by atoms with Crippen LogP contribution in [0.2, 0.25) is 0 Å². The van der Waals surface area contributed by atoms with E-state index in [1.165, 1.54) is 22.5 Å². The van der Waals surface area contributed by atoms with E-state index in [9.17, 15) is 18.5 Å². The zero-order chi connectivity index (χ0) is 29.5. The topological polar surface area (TPSA) is 103 Å². The summed E-state index contributed by atoms with van der Waals surface area (Å²) >= 11 is 0. The second-order valence-electron chi connectivity index (χ2n) is 11.8. The Morgan fingerprint density at radius 3 is 2.48 bits per heavy atom. The van der Waals surface area contributed by atoms with Crippen LogP contribution in [0.5, 0.6) is 0 Å². The van der Waals surface area contributed by atoms with Crippen LogP contribution in [0.3, 0.4) is 0 Å². The minimum absolute atomic E-state index is 0.0396. The van der Waals surface area contributed by atoms with Crippen LogP contribution >= 0.6 is 0 Å². The van der Waals surface area contributed by atoms with Gasteiger partial charge in [0.15, 0.2) is 0 Å². The zero-order valence-electron chi connectivity index (χ0n) is 24.7. The lowest BCUT2D eigenvalue weighted by Crippen LogP contribution is -2.47. The number of nitriles is 1. The number of sulfonamides is 1. The van der Waals surface area contributed by atoms with Crippen molar-refractivity contribution in [3.05, 3.63) is 41.5 Å². The first-order valence-electron chi connectivity index (χ1n) is 14.3. The lowest BCUT2D eigenvalue weighted by Gasteiger charge is -2.38. The quantitative estimate of drug-likeness (QED) is 0.365. The summed E-state index contributed by atoms with van der Waals surface area (Å²) in [6, 6.07) is 6.91. The zero-order valence-corrected chi connectivity index (χ0v) is 25.6. The Labute approximate surface area is 240 Å². The lowest BCUT2D eigenvalue weighted by molar-refractivity contribution is 0.0489. The van der Waals surface area contributed by atoms with Crippen LogP contribution in [0.25, 0.3) is 0 Å². The second-order valence-corrected chi connectivity index (χ2v) is 13.8. The van der Waals surface area contributed by atoms with Gasteiger partial charge in [0, 0.05) is 30.7 Å². The van der Waals surface area contributed by atoms with E-state index in [1.807, 2.05) is 0 Å². The first-order chi connectivity index (χ1) is 18.9. The molecular weight excluding hydrogens is 524 g/mol. The molecular formula is C31H44N4O4S. The van der Waals surface area contributed by atoms with E-state index in [0.717, 1.165) is 25.8 Å². The monoisotopic (exact) mass is 568 g/mol. The molecule has 1 heterocycles. The molecule has 3 rings (SSSR count). The highest BCUT2D eigenvalue weighted by atomic mass is 32.2. The van der Waals surface area contributed by atoms with Crippen molar-refractivity contribution in [2.75, 3.05) is 19.6 Å². The molecule has 9 heteroatoms. The summed E-state index contributed by atoms with van der Waals surface area (Å²) in [5.74, 6) is 6.99. The van der Waals surface area contributed by atoms with Gasteiger partial charge in [0.2, 0.25) is 10.0 Å². The maximum Gasteiger partial charge on any atom is 0.407 e. The highest BCUT2D eigenvalue weighted by Crippen LogP contribution is 2.26. The molecule has 0 spiro atoms. The van der Waals surface area contributed by atoms with Crippen LogP contribution in [0.15, 0.2) is 35.2 Å². The largest absolute Gasteiger partial charge is 0.444 e. The molecule has 40 heavy (non-hydrogen) atoms. The predicted molar refractivity (Wildman–Crippen MR) is 157 cm³/mol. The fourth-order valence-corrected chi connectivity index (χ4v) is 6.81. The van der Waals surface area contributed by atoms with Gasteiger partial charge in [-0.05, 0) is 90.5 Å². The highest BCUT2D eigenvalue weighted by molar-refractivity contribution is 7.89. The van der Waals surface area contributed by atoms with E-state index in [1.54, 1.807) is 20.8 Å². The molecule has 1 aliphatic carbocycles. The van der Waals surface area contributed by atoms with Crippen LogP contribution < -0.4 is 5.32 Å². The number of nitrogens with zero attached hydrogens (tertiary/aromatic N) is 3. The fraction of sp³-hybridized carbons (Fsp3) is 0.613. The minimum atomic E-state index is -3.78. The standard InChI is InChI=1S/C31H44N4O4S/c1-7-18-35(29-11-9-8-10-23(29)2)24(3)12-13-25-21-28(15-14-26(25)22-32)40(37,38)34-19-16-27(17-20-34)33-30(36)39-31(4,5)6/h8-9,14-15,21,23-24,27,29H,7,10-11,16-20H2,1-6H3,(H,33,36)/t23?,24?,29-/m1/s1. The molecule has 0 radical (unpaired) electrons. The van der Waals surface area contributed by atoms with Gasteiger partial charge in [-0.25, -0.2) is 13.2 Å². The van der Waals surface area contributed by atoms with Crippen molar-refractivity contribution < 1.29 is 17.9 Å². The Bertz CT molecular complexity index is 1270. The summed E-state index contributed by atoms with van der Waals surface area (Å²) in [7, 11) is -3.78. The molecule has 1 saturated heterocycles. The van der Waals surface area contributed by atoms with Gasteiger partial charge < -0.3 is 10.1 Å². The Morgan fingerprint density at radius 1 is 1.20 bits per heavy atom. The van der Waals surface area contributed by atoms with Crippen molar-refractivity contribution in [1.29, 1.82) is 5.26 Å². The van der Waals surface area contributed by atoms with Crippen molar-refractivity contribution >= 4 is 16.1 Å². The highest BCUT2D eigenvalue weighted by Gasteiger charge is 2.31. The van der Waals surface area contributed by atoms with Crippen LogP contribution in [-0.4, -0.2) is 67.1 Å². The normalized spacial score (nSPS) is 21.2. The summed E-state index contributed by atoms with van der Waals surface area (Å²) in [5, 5.41) is 12.5. The molecule has 1 aromatic carbocycles. The number of carbonyl (C=O) groups is 1. The summed E-state index contributed by atoms with van der Waals surface area (Å²) in [6.45, 7) is 13.4. The van der Waals surface area contributed by atoms with Gasteiger partial charge in [-0.15, -0.1) is 0 Å². The van der Waals surface area contributed by atoms with Gasteiger partial charge in [-0.3, -0.25) is 4.90 Å². The molecule has 2 aliphatic rings. The Hall–Kier alpha value is -2.85. The van der Waals surface area contributed by atoms with E-state index in [4.69, 9.17) is 4.74 Å². The van der Waals surface area contributed by atoms with Crippen LogP contribution in [0.1, 0.15) is 84.8 Å². The van der Waals surface area contributed by atoms with E-state index < -0.39 is 21.7 Å². The molecule has 0 saturated carbocycles. The molecule has 1 fully saturated rings. The van der Waals surface area contributed by atoms with Gasteiger partial charge in [-0.2, -0.15) is 9.57 Å². The Kier molecular flexibility index (Phi) is 10.8. The first-order valence-corrected chi connectivity index (χ1v) is 15.8. The molecule has 1 amide bonds. The van der Waals surface area contributed by atoms with Crippen molar-refractivity contribution in [1.82, 2.24) is 14.5 Å². The fourth-order valence-electron chi connectivity index (χ4n) is 5.32. The van der Waals surface area contributed by atoms with Gasteiger partial charge in [0.05, 0.1) is 16.5 Å². The third-order valence-electron chi connectivity index (χ3n) is 7.45. The molecule has 3 atom stereocenters. The smallest absolute Gasteiger partial charge is 0.407 e. The predicted octanol–water partition coefficient (Wildman–Crippen LogP) is 5.04. The molecule has 2 unspecified atom stereocenters. The lowest BCUT2D eigenvalue weighted by atomic mass is 9.88. The van der Waals surface area contributed by atoms with Gasteiger partial charge in [0.25, 0.3) is 0 Å². The van der Waals surface area contributed by atoms with Crippen LogP contribution in [0, 0.1) is 29.1 Å². The Balaban J connectivity index is 1.75. The molecule has 1 N–H and O–H groups in total. The van der Waals surface area contributed by atoms with Crippen molar-refractivity contribution in [2.45, 2.75) is 102 Å². The molecule has 8 nitrogen and oxygen atoms in total. The summed E-state index contributed by atoms with van der Waals surface area (Å²) in [4.78, 5) is 14.7. The molecule has 0 bridgehead atoms. The number of allylic oxidation sites excluding steroid dienone is 1. The van der Waals surface area contributed by atoms with Crippen molar-refractivity contribution in [3.8, 4) is 17.9 Å². The number of nitrogens with one attached hydrogen (secondary N) is 1. The number of hydrogen-bond acceptors (Lipinski definition) is 6. The maximum atomic E-state index is 13.5. The number of amides is 1. The van der Waals surface area contributed by atoms with E-state index in [0.29, 0.717) is 35.9 Å². The average molecular weight is 569 g/mol. The number of alkyl carbamates (subject to hydrolysis) is 1. The number of benzene rings is 1. The first kappa shape index (κ1) is 31.7. The Morgan fingerprint density at radius 2 is 1.88 bits per heavy atom. The number of carbonyl (C=O) groups excluding carboxylic acids is 1. The maximum absolute atomic E-state index is 13.5. The summed E-state index contributed by atoms with van der Waals surface area (Å²) in [5.41, 5.74) is 0.182. The summed E-state index contributed by atoms with van der Waals surface area (Å²) < 4.78 is 33.7. The number of hydrogen-bond donors (Lipinski definition) is 1. The van der Waals surface area contributed by atoms with E-state index >= 15 is 0 Å². The minimum Gasteiger partial charge on any atom is -0.444 e. The van der Waals surface area contributed by atoms with Gasteiger partial charge in [0.1, 0.15) is 11.7 Å². The third kappa shape index (κ3) is 8.33. The van der Waals surface area contributed by atoms with Crippen LogP contribution in [0.4, 0.5) is 4.79 Å². The molecule has 0 aromatic heterocycles. The van der Waals surface area contributed by atoms with Crippen molar-refractivity contribution in [3.63, 3.8) is 0 Å². The average Bonchev–Trinajstić information content (AvgIpc) is 2.90. The number of rotatable bonds is 7. The van der Waals surface area contributed by atoms with Gasteiger partial charge >= 0.3 is 6.09 Å². The summed E-state index contributed by atoms with van der Waals surface area (Å²) in [6.07, 6.45) is 8.03. The van der Waals surface area contributed by atoms with Crippen LogP contribution in [-0.2, 0) is 14.8 Å². The molecule has 1 aliphatic heterocycles. The van der Waals surface area contributed by atoms with Gasteiger partial charge in [-0.1, -0.05) is 37.8 Å². The number of ether oxygens (including phenoxy) is 1. The molecule has 1 aromatic rings.